The lowest BCUT2D eigenvalue weighted by atomic mass is 10.2. The van der Waals surface area contributed by atoms with E-state index in [2.05, 4.69) is 31.1 Å². The van der Waals surface area contributed by atoms with Crippen LogP contribution in [0.3, 0.4) is 0 Å². The number of rotatable bonds is 4. The number of nitrogens with zero attached hydrogens (tertiary/aromatic N) is 2. The van der Waals surface area contributed by atoms with Crippen LogP contribution in [0.15, 0.2) is 12.5 Å². The number of aliphatic hydroxyl groups excluding tert-OH is 1. The van der Waals surface area contributed by atoms with Crippen molar-refractivity contribution in [3.63, 3.8) is 0 Å². The van der Waals surface area contributed by atoms with Gasteiger partial charge in [-0.05, 0) is 6.92 Å². The summed E-state index contributed by atoms with van der Waals surface area (Å²) in [5, 5.41) is 8.39. The summed E-state index contributed by atoms with van der Waals surface area (Å²) in [6.07, 6.45) is 4.38. The summed E-state index contributed by atoms with van der Waals surface area (Å²) in [4.78, 5) is 6.89. The maximum atomic E-state index is 8.39. The van der Waals surface area contributed by atoms with Crippen LogP contribution in [0.25, 0.3) is 0 Å². The van der Waals surface area contributed by atoms with Crippen molar-refractivity contribution in [3.8, 4) is 0 Å². The number of aliphatic hydroxyl groups is 1. The molecule has 0 amide bonds. The van der Waals surface area contributed by atoms with E-state index in [1.165, 1.54) is 0 Å². The molecule has 0 fully saturated rings. The molecular weight excluding hydrogens is 204 g/mol. The molecule has 5 nitrogen and oxygen atoms in total. The highest BCUT2D eigenvalue weighted by atomic mass is 16.3. The van der Waals surface area contributed by atoms with E-state index in [1.54, 1.807) is 6.33 Å². The fraction of sp³-hybridized carbons (Fsp3) is 0.727. The smallest absolute Gasteiger partial charge is 0.101 e. The summed E-state index contributed by atoms with van der Waals surface area (Å²) < 4.78 is 0.844. The van der Waals surface area contributed by atoms with Crippen LogP contribution in [-0.4, -0.2) is 59.9 Å². The summed E-state index contributed by atoms with van der Waals surface area (Å²) >= 11 is 0. The zero-order chi connectivity index (χ0) is 12.6. The van der Waals surface area contributed by atoms with Gasteiger partial charge in [0.25, 0.3) is 0 Å². The number of nitrogens with two attached hydrogens (primary N) is 1. The van der Waals surface area contributed by atoms with Gasteiger partial charge in [0, 0.05) is 18.7 Å². The molecule has 1 heterocycles. The summed E-state index contributed by atoms with van der Waals surface area (Å²) in [7, 11) is 6.16. The second kappa shape index (κ2) is 7.38. The molecule has 0 aromatic carbocycles. The Hall–Kier alpha value is -0.910. The van der Waals surface area contributed by atoms with E-state index in [-0.39, 0.29) is 12.6 Å². The van der Waals surface area contributed by atoms with Gasteiger partial charge < -0.3 is 20.3 Å². The summed E-state index contributed by atoms with van der Waals surface area (Å²) in [6, 6.07) is 0.202. The summed E-state index contributed by atoms with van der Waals surface area (Å²) in [5.41, 5.74) is 6.56. The predicted octanol–water partition coefficient (Wildman–Crippen LogP) is -0.0157. The quantitative estimate of drug-likeness (QED) is 0.635. The number of aromatic amines is 1. The Morgan fingerprint density at radius 1 is 1.50 bits per heavy atom. The van der Waals surface area contributed by atoms with Crippen LogP contribution in [0, 0.1) is 0 Å². The molecule has 1 aromatic heterocycles. The van der Waals surface area contributed by atoms with Crippen LogP contribution in [0.2, 0.25) is 0 Å². The van der Waals surface area contributed by atoms with Crippen molar-refractivity contribution >= 4 is 0 Å². The van der Waals surface area contributed by atoms with Crippen LogP contribution >= 0.6 is 0 Å². The van der Waals surface area contributed by atoms with Crippen molar-refractivity contribution in [3.05, 3.63) is 18.2 Å². The van der Waals surface area contributed by atoms with Crippen molar-refractivity contribution in [2.75, 3.05) is 34.3 Å². The third kappa shape index (κ3) is 9.64. The van der Waals surface area contributed by atoms with Crippen molar-refractivity contribution in [1.29, 1.82) is 0 Å². The Kier molecular flexibility index (Phi) is 6.96. The Morgan fingerprint density at radius 3 is 2.38 bits per heavy atom. The van der Waals surface area contributed by atoms with E-state index in [4.69, 9.17) is 10.8 Å². The number of H-pyrrole nitrogens is 1. The number of hydrogen-bond acceptors (Lipinski definition) is 3. The van der Waals surface area contributed by atoms with E-state index in [0.717, 1.165) is 23.1 Å². The Balaban J connectivity index is 0.000000293. The third-order valence-electron chi connectivity index (χ3n) is 1.86. The lowest BCUT2D eigenvalue weighted by Crippen LogP contribution is -2.36. The summed E-state index contributed by atoms with van der Waals surface area (Å²) in [5.74, 6) is 0. The molecule has 5 heteroatoms. The minimum atomic E-state index is 0.202. The summed E-state index contributed by atoms with van der Waals surface area (Å²) in [6.45, 7) is 3.08. The first-order chi connectivity index (χ1) is 7.35. The monoisotopic (exact) mass is 229 g/mol. The van der Waals surface area contributed by atoms with Gasteiger partial charge >= 0.3 is 0 Å². The van der Waals surface area contributed by atoms with Crippen LogP contribution in [0.4, 0.5) is 0 Å². The highest BCUT2D eigenvalue weighted by Crippen LogP contribution is 1.93. The largest absolute Gasteiger partial charge is 0.391 e. The van der Waals surface area contributed by atoms with Crippen LogP contribution in [-0.2, 0) is 6.42 Å². The molecular formula is C11H25N4O+. The lowest BCUT2D eigenvalue weighted by Gasteiger charge is -2.21. The first-order valence-electron chi connectivity index (χ1n) is 5.49. The van der Waals surface area contributed by atoms with Gasteiger partial charge in [0.2, 0.25) is 0 Å². The van der Waals surface area contributed by atoms with E-state index >= 15 is 0 Å². The molecule has 0 aliphatic rings. The number of nitrogens with one attached hydrogen (secondary N) is 1. The van der Waals surface area contributed by atoms with E-state index in [0.29, 0.717) is 0 Å². The molecule has 0 spiro atoms. The first kappa shape index (κ1) is 15.1. The Morgan fingerprint density at radius 2 is 2.12 bits per heavy atom. The van der Waals surface area contributed by atoms with Gasteiger partial charge in [-0.15, -0.1) is 0 Å². The number of hydrogen-bond donors (Lipinski definition) is 3. The minimum Gasteiger partial charge on any atom is -0.391 e. The Bertz CT molecular complexity index is 251. The molecule has 1 unspecified atom stereocenters. The van der Waals surface area contributed by atoms with E-state index < -0.39 is 0 Å². The van der Waals surface area contributed by atoms with Gasteiger partial charge in [-0.25, -0.2) is 4.98 Å². The maximum Gasteiger partial charge on any atom is 0.101 e. The molecule has 0 aliphatic heterocycles. The van der Waals surface area contributed by atoms with Gasteiger partial charge in [0.05, 0.1) is 39.8 Å². The topological polar surface area (TPSA) is 74.9 Å². The highest BCUT2D eigenvalue weighted by molar-refractivity contribution is 4.95. The first-order valence-corrected chi connectivity index (χ1v) is 5.49. The van der Waals surface area contributed by atoms with Gasteiger partial charge in [0.1, 0.15) is 6.54 Å². The fourth-order valence-electron chi connectivity index (χ4n) is 1.03. The molecule has 94 valence electrons. The number of imidazole rings is 1. The van der Waals surface area contributed by atoms with Gasteiger partial charge in [-0.2, -0.15) is 0 Å². The van der Waals surface area contributed by atoms with E-state index in [9.17, 15) is 0 Å². The fourth-order valence-corrected chi connectivity index (χ4v) is 1.03. The average molecular weight is 229 g/mol. The Labute approximate surface area is 97.9 Å². The standard InChI is InChI=1S/C6H11N3.C5H14NO/c1-5(7)2-6-3-8-4-9-6;1-6(2,3)4-5-7/h3-5H,2,7H2,1H3,(H,8,9);7H,4-5H2,1-3H3/q;+1. The highest BCUT2D eigenvalue weighted by Gasteiger charge is 2.02. The number of quaternary nitrogens is 1. The number of aromatic nitrogens is 2. The molecule has 1 aromatic rings. The van der Waals surface area contributed by atoms with Gasteiger partial charge in [-0.3, -0.25) is 0 Å². The normalized spacial score (nSPS) is 12.9. The lowest BCUT2D eigenvalue weighted by molar-refractivity contribution is -0.870. The average Bonchev–Trinajstić information content (AvgIpc) is 2.54. The molecule has 4 N–H and O–H groups in total. The zero-order valence-electron chi connectivity index (χ0n) is 10.8. The molecule has 0 bridgehead atoms. The van der Waals surface area contributed by atoms with E-state index in [1.807, 2.05) is 13.1 Å². The molecule has 1 atom stereocenters. The molecule has 0 aliphatic carbocycles. The maximum absolute atomic E-state index is 8.39. The number of likely N-dealkylation sites (N-methyl/N-ethyl adjacent to an activating group) is 1. The SMILES string of the molecule is CC(N)Cc1c[nH]cn1.C[N+](C)(C)CCO. The van der Waals surface area contributed by atoms with Gasteiger partial charge in [0.15, 0.2) is 0 Å². The second-order valence-electron chi connectivity index (χ2n) is 4.98. The van der Waals surface area contributed by atoms with Crippen LogP contribution in [0.1, 0.15) is 12.6 Å². The van der Waals surface area contributed by atoms with Crippen LogP contribution < -0.4 is 5.73 Å². The molecule has 0 radical (unpaired) electrons. The molecule has 1 rings (SSSR count). The molecule has 0 saturated carbocycles. The second-order valence-corrected chi connectivity index (χ2v) is 4.98. The van der Waals surface area contributed by atoms with Crippen molar-refractivity contribution in [1.82, 2.24) is 9.97 Å². The minimum absolute atomic E-state index is 0.202. The van der Waals surface area contributed by atoms with Crippen molar-refractivity contribution in [2.45, 2.75) is 19.4 Å². The zero-order valence-corrected chi connectivity index (χ0v) is 10.8. The van der Waals surface area contributed by atoms with Gasteiger partial charge in [-0.1, -0.05) is 0 Å². The van der Waals surface area contributed by atoms with Crippen LogP contribution in [0.5, 0.6) is 0 Å². The van der Waals surface area contributed by atoms with Crippen molar-refractivity contribution < 1.29 is 9.59 Å². The molecule has 16 heavy (non-hydrogen) atoms. The third-order valence-corrected chi connectivity index (χ3v) is 1.86. The predicted molar refractivity (Wildman–Crippen MR) is 65.9 cm³/mol. The van der Waals surface area contributed by atoms with Crippen molar-refractivity contribution in [2.24, 2.45) is 5.73 Å². The molecule has 0 saturated heterocycles.